The summed E-state index contributed by atoms with van der Waals surface area (Å²) in [6.45, 7) is 23.3. The average Bonchev–Trinajstić information content (AvgIpc) is 1.48. The standard InChI is InChI=1S/C15H10N.2C12H7N2.C11H8N.2C9H8N3.2C5H8O2.4Ir/c1-2-6-12(7-3-1)15-11-10-13-8-4-5-9-14(13)16-15;1-13-11-6-4-5-10(9-11)12-7-2-3-8-14-12;1-13-11-7-8-14-12(9-11)10-5-3-2-4-6-10;1-2-6-10(7-3-1)11-8-4-5-9-12-11;2*1-8-5-7-12(11-8)9-4-2-3-6-10-9;2*1-4(6)3-5(2)7;;;;/h1-6,8-11H;2-4,6-9H;2-5,7-9H;1-6,8-9H;2*2-6H,1H3;2*3,6H,1-2H3;;;;/q6*-1;;;;;;. The Bertz CT molecular complexity index is 4300. The van der Waals surface area contributed by atoms with Crippen LogP contribution in [0.2, 0.25) is 0 Å². The molecule has 0 spiro atoms. The number of aryl methyl sites for hydroxylation is 2. The van der Waals surface area contributed by atoms with Crippen LogP contribution in [-0.2, 0) is 90.0 Å². The van der Waals surface area contributed by atoms with Crippen molar-refractivity contribution in [3.63, 3.8) is 0 Å². The van der Waals surface area contributed by atoms with Crippen LogP contribution in [-0.4, -0.2) is 71.2 Å². The molecule has 16 nitrogen and oxygen atoms in total. The van der Waals surface area contributed by atoms with Gasteiger partial charge < -0.3 is 44.5 Å². The average molecular weight is 2000 g/mol. The Morgan fingerprint density at radius 1 is 0.418 bits per heavy atom. The number of rotatable bonds is 8. The first-order chi connectivity index (χ1) is 45.7. The first kappa shape index (κ1) is 83.8. The number of ketones is 2. The van der Waals surface area contributed by atoms with E-state index in [0.29, 0.717) is 11.4 Å². The fourth-order valence-corrected chi connectivity index (χ4v) is 7.75. The molecule has 0 saturated heterocycles. The van der Waals surface area contributed by atoms with E-state index in [9.17, 15) is 9.59 Å². The Hall–Kier alpha value is -10.3. The van der Waals surface area contributed by atoms with Gasteiger partial charge in [0.2, 0.25) is 0 Å². The summed E-state index contributed by atoms with van der Waals surface area (Å²) >= 11 is 0. The van der Waals surface area contributed by atoms with Crippen LogP contribution >= 0.6 is 0 Å². The van der Waals surface area contributed by atoms with Crippen LogP contribution in [0.15, 0.2) is 279 Å². The number of aromatic nitrogens is 10. The SMILES string of the molecule is CC(=O)C=C(C)O.CC(=O)C=C(C)O.Cc1c[c-]n(-c2ccccn2)n1.Cc1c[c-]n(-c2ccccn2)n1.[C-]#[N+]c1cc[c-]c(-c2ccccn2)c1.[C-]#[N+]c1ccnc(-c2[c-]cccc2)c1.[Ir].[Ir].[Ir].[Ir].[c-]1ccccc1-c1ccc2ccccc2n1.[c-]1ccccc1-c1ccccn1. The summed E-state index contributed by atoms with van der Waals surface area (Å²) in [5.41, 5.74) is 11.6. The number of pyridine rings is 6. The van der Waals surface area contributed by atoms with Crippen molar-refractivity contribution in [2.45, 2.75) is 41.5 Å². The Balaban J connectivity index is 0.000000383. The van der Waals surface area contributed by atoms with Crippen LogP contribution in [0.5, 0.6) is 0 Å². The van der Waals surface area contributed by atoms with E-state index >= 15 is 0 Å². The Labute approximate surface area is 626 Å². The topological polar surface area (TPSA) is 196 Å². The third-order valence-electron chi connectivity index (χ3n) is 11.8. The van der Waals surface area contributed by atoms with Crippen molar-refractivity contribution in [2.75, 3.05) is 0 Å². The van der Waals surface area contributed by atoms with Crippen LogP contribution in [0.25, 0.3) is 77.3 Å². The molecule has 20 heteroatoms. The molecule has 0 bridgehead atoms. The minimum absolute atomic E-state index is 0. The molecule has 8 aromatic heterocycles. The Morgan fingerprint density at radius 2 is 0.827 bits per heavy atom. The number of allylic oxidation sites excluding steroid dienone is 4. The van der Waals surface area contributed by atoms with E-state index in [1.54, 1.807) is 70.7 Å². The van der Waals surface area contributed by atoms with Crippen LogP contribution in [0, 0.1) is 63.7 Å². The van der Waals surface area contributed by atoms with E-state index < -0.39 is 0 Å². The number of carbonyl (C=O) groups excluding carboxylic acids is 2. The summed E-state index contributed by atoms with van der Waals surface area (Å²) in [5, 5.41) is 26.3. The predicted octanol–water partition coefficient (Wildman–Crippen LogP) is 17.3. The fraction of sp³-hybridized carbons (Fsp3) is 0.0769. The molecule has 13 rings (SSSR count). The van der Waals surface area contributed by atoms with E-state index in [4.69, 9.17) is 23.4 Å². The maximum atomic E-state index is 10.0. The van der Waals surface area contributed by atoms with Crippen molar-refractivity contribution < 1.29 is 100 Å². The number of aliphatic hydroxyl groups excluding tert-OH is 2. The van der Waals surface area contributed by atoms with Gasteiger partial charge in [0.05, 0.1) is 41.8 Å². The Morgan fingerprint density at radius 3 is 1.22 bits per heavy atom. The van der Waals surface area contributed by atoms with Gasteiger partial charge in [0, 0.05) is 124 Å². The second kappa shape index (κ2) is 47.5. The number of hydrogen-bond acceptors (Lipinski definition) is 12. The summed E-state index contributed by atoms with van der Waals surface area (Å²) in [6.07, 6.45) is 16.9. The van der Waals surface area contributed by atoms with E-state index in [0.717, 1.165) is 73.6 Å². The molecule has 0 atom stereocenters. The molecule has 2 N–H and O–H groups in total. The van der Waals surface area contributed by atoms with E-state index in [2.05, 4.69) is 98.6 Å². The maximum absolute atomic E-state index is 10.0. The summed E-state index contributed by atoms with van der Waals surface area (Å²) < 4.78 is 3.27. The number of fused-ring (bicyclic) bond motifs is 1. The second-order valence-electron chi connectivity index (χ2n) is 19.6. The minimum Gasteiger partial charge on any atom is -0.512 e. The fourth-order valence-electron chi connectivity index (χ4n) is 7.75. The van der Waals surface area contributed by atoms with Crippen molar-refractivity contribution >= 4 is 33.8 Å². The zero-order chi connectivity index (χ0) is 67.1. The number of aliphatic hydroxyl groups is 2. The molecule has 5 aromatic carbocycles. The summed E-state index contributed by atoms with van der Waals surface area (Å²) in [4.78, 5) is 52.2. The molecule has 0 aliphatic heterocycles. The van der Waals surface area contributed by atoms with Gasteiger partial charge in [0.1, 0.15) is 5.69 Å². The zero-order valence-corrected chi connectivity index (χ0v) is 63.4. The number of nitrogens with zero attached hydrogens (tertiary/aromatic N) is 12. The van der Waals surface area contributed by atoms with Crippen LogP contribution in [0.4, 0.5) is 11.4 Å². The molecular formula is C78H64Ir4N12O4-6. The molecule has 13 aromatic rings. The van der Waals surface area contributed by atoms with Gasteiger partial charge in [-0.1, -0.05) is 111 Å². The van der Waals surface area contributed by atoms with Crippen molar-refractivity contribution in [1.29, 1.82) is 0 Å². The van der Waals surface area contributed by atoms with Gasteiger partial charge in [0.25, 0.3) is 0 Å². The zero-order valence-electron chi connectivity index (χ0n) is 53.8. The van der Waals surface area contributed by atoms with E-state index in [-0.39, 0.29) is 104 Å². The molecule has 4 radical (unpaired) electrons. The second-order valence-corrected chi connectivity index (χ2v) is 19.6. The van der Waals surface area contributed by atoms with Gasteiger partial charge in [-0.25, -0.2) is 4.85 Å². The Kier molecular flexibility index (Phi) is 40.6. The summed E-state index contributed by atoms with van der Waals surface area (Å²) in [5.74, 6) is 1.47. The van der Waals surface area contributed by atoms with Crippen molar-refractivity contribution in [1.82, 2.24) is 49.5 Å². The van der Waals surface area contributed by atoms with Crippen LogP contribution in [0.3, 0.4) is 0 Å². The molecule has 98 heavy (non-hydrogen) atoms. The van der Waals surface area contributed by atoms with E-state index in [1.165, 1.54) is 45.2 Å². The monoisotopic (exact) mass is 2000 g/mol. The molecule has 0 saturated carbocycles. The predicted molar refractivity (Wildman–Crippen MR) is 368 cm³/mol. The summed E-state index contributed by atoms with van der Waals surface area (Å²) in [7, 11) is 0. The van der Waals surface area contributed by atoms with Gasteiger partial charge in [-0.2, -0.15) is 6.07 Å². The molecular weight excluding hydrogens is 1940 g/mol. The number of para-hydroxylation sites is 1. The first-order valence-corrected chi connectivity index (χ1v) is 29.0. The van der Waals surface area contributed by atoms with Crippen LogP contribution < -0.4 is 0 Å². The van der Waals surface area contributed by atoms with Gasteiger partial charge in [-0.15, -0.1) is 144 Å². The molecule has 0 amide bonds. The largest absolute Gasteiger partial charge is 0.512 e. The molecule has 8 heterocycles. The normalized spacial score (nSPS) is 9.67. The summed E-state index contributed by atoms with van der Waals surface area (Å²) in [6, 6.07) is 83.3. The number of benzene rings is 5. The molecule has 0 fully saturated rings. The van der Waals surface area contributed by atoms with Gasteiger partial charge in [0.15, 0.2) is 17.3 Å². The number of carbonyl (C=O) groups is 2. The third-order valence-corrected chi connectivity index (χ3v) is 11.8. The third kappa shape index (κ3) is 31.5. The van der Waals surface area contributed by atoms with Gasteiger partial charge >= 0.3 is 0 Å². The van der Waals surface area contributed by atoms with Crippen molar-refractivity contribution in [3.05, 3.63) is 350 Å². The van der Waals surface area contributed by atoms with E-state index in [1.807, 2.05) is 196 Å². The van der Waals surface area contributed by atoms with Crippen LogP contribution in [0.1, 0.15) is 39.1 Å². The molecule has 0 aliphatic rings. The molecule has 0 aliphatic carbocycles. The van der Waals surface area contributed by atoms with Crippen molar-refractivity contribution in [3.8, 4) is 56.7 Å². The molecule has 502 valence electrons. The first-order valence-electron chi connectivity index (χ1n) is 29.0. The quantitative estimate of drug-likeness (QED) is 0.0831. The smallest absolute Gasteiger partial charge is 0.181 e. The van der Waals surface area contributed by atoms with Crippen molar-refractivity contribution in [2.24, 2.45) is 0 Å². The van der Waals surface area contributed by atoms with Gasteiger partial charge in [-0.05, 0) is 104 Å². The number of hydrogen-bond donors (Lipinski definition) is 2. The minimum atomic E-state index is -0.125. The maximum Gasteiger partial charge on any atom is 0.181 e. The van der Waals surface area contributed by atoms with Gasteiger partial charge in [-0.3, -0.25) is 29.6 Å². The molecule has 0 unspecified atom stereocenters.